The summed E-state index contributed by atoms with van der Waals surface area (Å²) in [6.07, 6.45) is 0. The summed E-state index contributed by atoms with van der Waals surface area (Å²) in [5, 5.41) is 0. The van der Waals surface area contributed by atoms with Crippen molar-refractivity contribution in [2.45, 2.75) is 5.75 Å². The molecule has 0 saturated heterocycles. The van der Waals surface area contributed by atoms with Gasteiger partial charge in [0.1, 0.15) is 6.61 Å². The largest absolute Gasteiger partial charge is 0.467 e. The van der Waals surface area contributed by atoms with Crippen LogP contribution in [-0.2, 0) is 20.0 Å². The van der Waals surface area contributed by atoms with Crippen LogP contribution in [0.1, 0.15) is 5.56 Å². The molecule has 0 unspecified atom stereocenters. The molecule has 19 heavy (non-hydrogen) atoms. The smallest absolute Gasteiger partial charge is 0.293 e. The lowest BCUT2D eigenvalue weighted by Gasteiger charge is -2.04. The lowest BCUT2D eigenvalue weighted by Crippen LogP contribution is -2.03. The van der Waals surface area contributed by atoms with Gasteiger partial charge in [0.25, 0.3) is 6.47 Å². The van der Waals surface area contributed by atoms with Gasteiger partial charge >= 0.3 is 0 Å². The van der Waals surface area contributed by atoms with Crippen LogP contribution in [0.4, 0.5) is 0 Å². The molecule has 1 aromatic rings. The number of hydrogen-bond donors (Lipinski definition) is 0. The van der Waals surface area contributed by atoms with Crippen molar-refractivity contribution in [2.24, 2.45) is 0 Å². The molecule has 0 aliphatic heterocycles. The summed E-state index contributed by atoms with van der Waals surface area (Å²) in [5.41, 5.74) is 1.36. The summed E-state index contributed by atoms with van der Waals surface area (Å²) in [6.45, 7) is 2.53. The Labute approximate surface area is 123 Å². The fourth-order valence-electron chi connectivity index (χ4n) is 1.36. The third kappa shape index (κ3) is 9.87. The van der Waals surface area contributed by atoms with E-state index in [0.29, 0.717) is 13.1 Å². The van der Waals surface area contributed by atoms with Gasteiger partial charge in [0, 0.05) is 23.0 Å². The van der Waals surface area contributed by atoms with Gasteiger partial charge < -0.3 is 9.47 Å². The summed E-state index contributed by atoms with van der Waals surface area (Å²) in [5.74, 6) is 3.85. The second-order valence-corrected chi connectivity index (χ2v) is 6.06. The maximum Gasteiger partial charge on any atom is 0.293 e. The van der Waals surface area contributed by atoms with Crippen molar-refractivity contribution in [1.82, 2.24) is 0 Å². The van der Waals surface area contributed by atoms with Crippen molar-refractivity contribution < 1.29 is 14.3 Å². The van der Waals surface area contributed by atoms with Crippen molar-refractivity contribution in [1.29, 1.82) is 0 Å². The molecular formula is C14H20O3S2. The maximum atomic E-state index is 9.88. The van der Waals surface area contributed by atoms with Crippen LogP contribution in [0.15, 0.2) is 30.3 Å². The van der Waals surface area contributed by atoms with Crippen LogP contribution in [0.5, 0.6) is 0 Å². The first-order chi connectivity index (χ1) is 9.43. The van der Waals surface area contributed by atoms with Gasteiger partial charge in [0.05, 0.1) is 13.2 Å². The minimum absolute atomic E-state index is 0.487. The molecule has 0 amide bonds. The molecule has 106 valence electrons. The Kier molecular flexibility index (Phi) is 10.7. The van der Waals surface area contributed by atoms with Crippen LogP contribution in [0.3, 0.4) is 0 Å². The van der Waals surface area contributed by atoms with Gasteiger partial charge in [0.2, 0.25) is 0 Å². The molecule has 0 aromatic heterocycles. The van der Waals surface area contributed by atoms with Crippen LogP contribution in [0.2, 0.25) is 0 Å². The highest BCUT2D eigenvalue weighted by molar-refractivity contribution is 7.99. The van der Waals surface area contributed by atoms with Crippen LogP contribution < -0.4 is 0 Å². The van der Waals surface area contributed by atoms with Crippen molar-refractivity contribution >= 4 is 30.0 Å². The number of thioether (sulfide) groups is 2. The fraction of sp³-hybridized carbons (Fsp3) is 0.500. The lowest BCUT2D eigenvalue weighted by atomic mass is 10.2. The molecule has 3 nitrogen and oxygen atoms in total. The van der Waals surface area contributed by atoms with Crippen molar-refractivity contribution in [3.63, 3.8) is 0 Å². The van der Waals surface area contributed by atoms with E-state index in [4.69, 9.17) is 4.74 Å². The highest BCUT2D eigenvalue weighted by atomic mass is 32.2. The molecule has 0 saturated carbocycles. The Morgan fingerprint density at radius 3 is 2.37 bits per heavy atom. The van der Waals surface area contributed by atoms with Crippen LogP contribution in [0, 0.1) is 0 Å². The number of benzene rings is 1. The molecule has 1 aromatic carbocycles. The number of rotatable bonds is 12. The molecule has 0 heterocycles. The van der Waals surface area contributed by atoms with E-state index in [0.717, 1.165) is 36.2 Å². The van der Waals surface area contributed by atoms with Crippen molar-refractivity contribution in [3.05, 3.63) is 35.9 Å². The standard InChI is InChI=1S/C14H20O3S2/c15-13-17-8-10-18-9-6-16-7-11-19-12-14-4-2-1-3-5-14/h1-5,13H,6-12H2. The predicted octanol–water partition coefficient (Wildman–Crippen LogP) is 2.84. The van der Waals surface area contributed by atoms with Gasteiger partial charge in [0.15, 0.2) is 0 Å². The Morgan fingerprint density at radius 2 is 1.63 bits per heavy atom. The Morgan fingerprint density at radius 1 is 0.947 bits per heavy atom. The predicted molar refractivity (Wildman–Crippen MR) is 82.8 cm³/mol. The maximum absolute atomic E-state index is 9.88. The summed E-state index contributed by atoms with van der Waals surface area (Å²) in [7, 11) is 0. The van der Waals surface area contributed by atoms with Gasteiger partial charge in [-0.1, -0.05) is 30.3 Å². The number of hydrogen-bond acceptors (Lipinski definition) is 5. The molecular weight excluding hydrogens is 280 g/mol. The number of carbonyl (C=O) groups is 1. The van der Waals surface area contributed by atoms with E-state index in [9.17, 15) is 4.79 Å². The molecule has 0 spiro atoms. The minimum Gasteiger partial charge on any atom is -0.467 e. The molecule has 0 atom stereocenters. The van der Waals surface area contributed by atoms with Gasteiger partial charge in [-0.3, -0.25) is 4.79 Å². The van der Waals surface area contributed by atoms with Crippen molar-refractivity contribution in [2.75, 3.05) is 37.1 Å². The molecule has 0 bridgehead atoms. The van der Waals surface area contributed by atoms with Crippen LogP contribution in [0.25, 0.3) is 0 Å². The third-order valence-corrected chi connectivity index (χ3v) is 4.17. The summed E-state index contributed by atoms with van der Waals surface area (Å²) < 4.78 is 10.1. The highest BCUT2D eigenvalue weighted by Crippen LogP contribution is 2.11. The van der Waals surface area contributed by atoms with Gasteiger partial charge in [-0.2, -0.15) is 23.5 Å². The van der Waals surface area contributed by atoms with Gasteiger partial charge in [-0.05, 0) is 5.56 Å². The second-order valence-electron chi connectivity index (χ2n) is 3.73. The zero-order valence-electron chi connectivity index (χ0n) is 11.0. The van der Waals surface area contributed by atoms with Crippen molar-refractivity contribution in [3.8, 4) is 0 Å². The van der Waals surface area contributed by atoms with E-state index in [2.05, 4.69) is 29.0 Å². The van der Waals surface area contributed by atoms with E-state index in [-0.39, 0.29) is 0 Å². The lowest BCUT2D eigenvalue weighted by molar-refractivity contribution is -0.128. The van der Waals surface area contributed by atoms with Crippen LogP contribution in [-0.4, -0.2) is 43.6 Å². The zero-order valence-corrected chi connectivity index (χ0v) is 12.6. The monoisotopic (exact) mass is 300 g/mol. The third-order valence-electron chi connectivity index (χ3n) is 2.27. The zero-order chi connectivity index (χ0) is 13.6. The summed E-state index contributed by atoms with van der Waals surface area (Å²) in [4.78, 5) is 9.88. The molecule has 1 rings (SSSR count). The topological polar surface area (TPSA) is 35.5 Å². The molecule has 0 aliphatic carbocycles. The molecule has 0 fully saturated rings. The second kappa shape index (κ2) is 12.4. The SMILES string of the molecule is O=COCCSCCOCCSCc1ccccc1. The fourth-order valence-corrected chi connectivity index (χ4v) is 2.82. The first-order valence-corrected chi connectivity index (χ1v) is 8.57. The Balaban J connectivity index is 1.80. The van der Waals surface area contributed by atoms with E-state index < -0.39 is 0 Å². The Hall–Kier alpha value is -0.650. The van der Waals surface area contributed by atoms with E-state index in [1.165, 1.54) is 5.56 Å². The quantitative estimate of drug-likeness (QED) is 0.438. The summed E-state index contributed by atoms with van der Waals surface area (Å²) >= 11 is 3.63. The van der Waals surface area contributed by atoms with Gasteiger partial charge in [-0.15, -0.1) is 0 Å². The first-order valence-electron chi connectivity index (χ1n) is 6.26. The first kappa shape index (κ1) is 16.4. The van der Waals surface area contributed by atoms with Crippen LogP contribution >= 0.6 is 23.5 Å². The van der Waals surface area contributed by atoms with E-state index in [1.54, 1.807) is 11.8 Å². The normalized spacial score (nSPS) is 10.3. The van der Waals surface area contributed by atoms with Gasteiger partial charge in [-0.25, -0.2) is 0 Å². The molecule has 0 radical (unpaired) electrons. The minimum atomic E-state index is 0.487. The number of ether oxygens (including phenoxy) is 2. The Bertz CT molecular complexity index is 320. The number of carbonyl (C=O) groups excluding carboxylic acids is 1. The average Bonchev–Trinajstić information content (AvgIpc) is 2.46. The van der Waals surface area contributed by atoms with E-state index in [1.807, 2.05) is 17.8 Å². The molecule has 5 heteroatoms. The van der Waals surface area contributed by atoms with E-state index >= 15 is 0 Å². The molecule has 0 aliphatic rings. The average molecular weight is 300 g/mol. The molecule has 0 N–H and O–H groups in total. The highest BCUT2D eigenvalue weighted by Gasteiger charge is 1.94. The summed E-state index contributed by atoms with van der Waals surface area (Å²) in [6, 6.07) is 10.5.